The van der Waals surface area contributed by atoms with Gasteiger partial charge >= 0.3 is 0 Å². The van der Waals surface area contributed by atoms with Crippen molar-refractivity contribution in [3.8, 4) is 5.75 Å². The summed E-state index contributed by atoms with van der Waals surface area (Å²) in [7, 11) is 1.63. The molecule has 1 heterocycles. The molecule has 1 aliphatic carbocycles. The van der Waals surface area contributed by atoms with E-state index in [2.05, 4.69) is 10.5 Å². The van der Waals surface area contributed by atoms with Crippen molar-refractivity contribution >= 4 is 11.8 Å². The second-order valence-electron chi connectivity index (χ2n) is 9.12. The second kappa shape index (κ2) is 11.7. The highest BCUT2D eigenvalue weighted by molar-refractivity contribution is 5.94. The van der Waals surface area contributed by atoms with Crippen molar-refractivity contribution in [2.45, 2.75) is 58.0 Å². The Balaban J connectivity index is 1.38. The Kier molecular flexibility index (Phi) is 8.19. The molecule has 2 amide bonds. The lowest BCUT2D eigenvalue weighted by Crippen LogP contribution is -2.40. The number of aromatic nitrogens is 1. The Labute approximate surface area is 206 Å². The first-order valence-electron chi connectivity index (χ1n) is 12.3. The van der Waals surface area contributed by atoms with Gasteiger partial charge in [-0.25, -0.2) is 0 Å². The first-order valence-corrected chi connectivity index (χ1v) is 12.3. The van der Waals surface area contributed by atoms with Gasteiger partial charge in [-0.15, -0.1) is 0 Å². The van der Waals surface area contributed by atoms with Crippen molar-refractivity contribution in [3.63, 3.8) is 0 Å². The van der Waals surface area contributed by atoms with Crippen molar-refractivity contribution in [1.82, 2.24) is 15.4 Å². The lowest BCUT2D eigenvalue weighted by Gasteiger charge is -2.33. The minimum Gasteiger partial charge on any atom is -0.497 e. The molecule has 1 saturated carbocycles. The van der Waals surface area contributed by atoms with Crippen molar-refractivity contribution in [3.05, 3.63) is 82.7 Å². The molecule has 0 spiro atoms. The number of carbonyl (C=O) groups excluding carboxylic acids is 2. The summed E-state index contributed by atoms with van der Waals surface area (Å²) in [5, 5.41) is 6.85. The molecule has 0 bridgehead atoms. The Bertz CT molecular complexity index is 1120. The van der Waals surface area contributed by atoms with Crippen LogP contribution in [0.2, 0.25) is 0 Å². The third-order valence-electron chi connectivity index (χ3n) is 6.55. The summed E-state index contributed by atoms with van der Waals surface area (Å²) >= 11 is 0. The quantitative estimate of drug-likeness (QED) is 0.474. The smallest absolute Gasteiger partial charge is 0.273 e. The monoisotopic (exact) mass is 475 g/mol. The lowest BCUT2D eigenvalue weighted by molar-refractivity contribution is 0.0590. The Morgan fingerprint density at radius 1 is 1.06 bits per heavy atom. The number of benzene rings is 2. The molecule has 0 unspecified atom stereocenters. The predicted octanol–water partition coefficient (Wildman–Crippen LogP) is 4.94. The van der Waals surface area contributed by atoms with Gasteiger partial charge in [-0.05, 0) is 56.0 Å². The second-order valence-corrected chi connectivity index (χ2v) is 9.12. The van der Waals surface area contributed by atoms with Crippen LogP contribution in [0.4, 0.5) is 0 Å². The molecule has 184 valence electrons. The molecule has 0 atom stereocenters. The molecule has 1 fully saturated rings. The lowest BCUT2D eigenvalue weighted by atomic mass is 9.93. The topological polar surface area (TPSA) is 84.7 Å². The third kappa shape index (κ3) is 6.50. The fraction of sp³-hybridized carbons (Fsp3) is 0.393. The molecule has 1 aliphatic rings. The summed E-state index contributed by atoms with van der Waals surface area (Å²) in [5.41, 5.74) is 3.10. The van der Waals surface area contributed by atoms with E-state index in [1.807, 2.05) is 60.4 Å². The first-order chi connectivity index (χ1) is 17.0. The van der Waals surface area contributed by atoms with Crippen LogP contribution in [0.3, 0.4) is 0 Å². The van der Waals surface area contributed by atoms with Gasteiger partial charge in [0.05, 0.1) is 13.7 Å². The third-order valence-corrected chi connectivity index (χ3v) is 6.55. The summed E-state index contributed by atoms with van der Waals surface area (Å²) in [6, 6.07) is 17.2. The molecule has 7 heteroatoms. The highest BCUT2D eigenvalue weighted by atomic mass is 16.5. The number of carbonyl (C=O) groups is 2. The fourth-order valence-electron chi connectivity index (χ4n) is 4.49. The Morgan fingerprint density at radius 2 is 1.77 bits per heavy atom. The van der Waals surface area contributed by atoms with E-state index in [1.165, 1.54) is 6.42 Å². The summed E-state index contributed by atoms with van der Waals surface area (Å²) in [4.78, 5) is 27.9. The predicted molar refractivity (Wildman–Crippen MR) is 133 cm³/mol. The number of hydrogen-bond donors (Lipinski definition) is 1. The van der Waals surface area contributed by atoms with E-state index in [0.717, 1.165) is 42.6 Å². The zero-order valence-corrected chi connectivity index (χ0v) is 20.5. The van der Waals surface area contributed by atoms with Gasteiger partial charge in [0, 0.05) is 24.2 Å². The number of rotatable bonds is 9. The van der Waals surface area contributed by atoms with Gasteiger partial charge in [0.1, 0.15) is 5.75 Å². The van der Waals surface area contributed by atoms with E-state index in [1.54, 1.807) is 13.2 Å². The van der Waals surface area contributed by atoms with Crippen LogP contribution < -0.4 is 10.1 Å². The van der Waals surface area contributed by atoms with Crippen LogP contribution in [0.5, 0.6) is 5.75 Å². The SMILES string of the molecule is COc1ccc(CCNC(=O)c2cc(CN(C(=O)c3ccc(C)cc3)C3CCCCC3)on2)cc1. The first kappa shape index (κ1) is 24.5. The number of nitrogens with zero attached hydrogens (tertiary/aromatic N) is 2. The maximum atomic E-state index is 13.4. The van der Waals surface area contributed by atoms with Gasteiger partial charge in [-0.3, -0.25) is 9.59 Å². The number of aryl methyl sites for hydroxylation is 1. The number of nitrogens with one attached hydrogen (secondary N) is 1. The average molecular weight is 476 g/mol. The van der Waals surface area contributed by atoms with E-state index in [4.69, 9.17) is 9.26 Å². The van der Waals surface area contributed by atoms with Gasteiger partial charge in [0.25, 0.3) is 11.8 Å². The van der Waals surface area contributed by atoms with Gasteiger partial charge in [0.15, 0.2) is 11.5 Å². The average Bonchev–Trinajstić information content (AvgIpc) is 3.37. The van der Waals surface area contributed by atoms with Gasteiger partial charge in [0.2, 0.25) is 0 Å². The summed E-state index contributed by atoms with van der Waals surface area (Å²) in [6.07, 6.45) is 6.07. The summed E-state index contributed by atoms with van der Waals surface area (Å²) in [5.74, 6) is 1.01. The molecule has 2 aromatic carbocycles. The Hall–Kier alpha value is -3.61. The molecule has 35 heavy (non-hydrogen) atoms. The van der Waals surface area contributed by atoms with E-state index in [-0.39, 0.29) is 23.6 Å². The molecule has 0 saturated heterocycles. The van der Waals surface area contributed by atoms with Gasteiger partial charge in [-0.1, -0.05) is 54.2 Å². The number of methoxy groups -OCH3 is 1. The minimum atomic E-state index is -0.289. The van der Waals surface area contributed by atoms with Crippen molar-refractivity contribution < 1.29 is 18.8 Å². The molecule has 0 radical (unpaired) electrons. The molecule has 1 aromatic heterocycles. The molecular formula is C28H33N3O4. The number of ether oxygens (including phenoxy) is 1. The molecule has 1 N–H and O–H groups in total. The largest absolute Gasteiger partial charge is 0.497 e. The van der Waals surface area contributed by atoms with E-state index in [9.17, 15) is 9.59 Å². The van der Waals surface area contributed by atoms with Crippen molar-refractivity contribution in [2.24, 2.45) is 0 Å². The van der Waals surface area contributed by atoms with Crippen LogP contribution in [0.15, 0.2) is 59.1 Å². The van der Waals surface area contributed by atoms with Crippen molar-refractivity contribution in [1.29, 1.82) is 0 Å². The highest BCUT2D eigenvalue weighted by Gasteiger charge is 2.28. The van der Waals surface area contributed by atoms with Crippen molar-refractivity contribution in [2.75, 3.05) is 13.7 Å². The Morgan fingerprint density at radius 3 is 2.46 bits per heavy atom. The van der Waals surface area contributed by atoms with Crippen LogP contribution in [-0.2, 0) is 13.0 Å². The van der Waals surface area contributed by atoms with E-state index in [0.29, 0.717) is 30.8 Å². The van der Waals surface area contributed by atoms with Crippen LogP contribution in [-0.4, -0.2) is 41.6 Å². The molecular weight excluding hydrogens is 442 g/mol. The normalized spacial score (nSPS) is 13.9. The highest BCUT2D eigenvalue weighted by Crippen LogP contribution is 2.26. The molecule has 0 aliphatic heterocycles. The van der Waals surface area contributed by atoms with Crippen LogP contribution >= 0.6 is 0 Å². The van der Waals surface area contributed by atoms with Crippen LogP contribution in [0.1, 0.15) is 69.8 Å². The maximum Gasteiger partial charge on any atom is 0.273 e. The van der Waals surface area contributed by atoms with Gasteiger partial charge < -0.3 is 19.5 Å². The van der Waals surface area contributed by atoms with E-state index >= 15 is 0 Å². The van der Waals surface area contributed by atoms with Crippen LogP contribution in [0.25, 0.3) is 0 Å². The number of amides is 2. The maximum absolute atomic E-state index is 13.4. The van der Waals surface area contributed by atoms with Crippen LogP contribution in [0, 0.1) is 6.92 Å². The summed E-state index contributed by atoms with van der Waals surface area (Å²) < 4.78 is 10.7. The fourth-order valence-corrected chi connectivity index (χ4v) is 4.49. The van der Waals surface area contributed by atoms with Gasteiger partial charge in [-0.2, -0.15) is 0 Å². The standard InChI is InChI=1S/C28H33N3O4/c1-20-8-12-22(13-9-20)28(33)31(23-6-4-3-5-7-23)19-25-18-26(30-35-25)27(32)29-17-16-21-10-14-24(34-2)15-11-21/h8-15,18,23H,3-7,16-17,19H2,1-2H3,(H,29,32). The summed E-state index contributed by atoms with van der Waals surface area (Å²) in [6.45, 7) is 2.78. The van der Waals surface area contributed by atoms with E-state index < -0.39 is 0 Å². The minimum absolute atomic E-state index is 0.0150. The zero-order chi connectivity index (χ0) is 24.6. The molecule has 7 nitrogen and oxygen atoms in total. The molecule has 4 rings (SSSR count). The molecule has 3 aromatic rings. The number of hydrogen-bond acceptors (Lipinski definition) is 5. The zero-order valence-electron chi connectivity index (χ0n) is 20.5.